The minimum atomic E-state index is 0.403. The first-order chi connectivity index (χ1) is 14.6. The Bertz CT molecular complexity index is 890. The molecule has 0 aromatic heterocycles. The number of methoxy groups -OCH3 is 1. The molecule has 2 aromatic rings. The van der Waals surface area contributed by atoms with Crippen molar-refractivity contribution in [2.45, 2.75) is 51.3 Å². The number of hydrogen-bond acceptors (Lipinski definition) is 3. The zero-order chi connectivity index (χ0) is 20.7. The molecule has 0 saturated heterocycles. The molecule has 1 N–H and O–H groups in total. The van der Waals surface area contributed by atoms with Gasteiger partial charge in [-0.2, -0.15) is 0 Å². The first-order valence-electron chi connectivity index (χ1n) is 11.1. The predicted molar refractivity (Wildman–Crippen MR) is 124 cm³/mol. The van der Waals surface area contributed by atoms with Gasteiger partial charge in [0, 0.05) is 23.2 Å². The van der Waals surface area contributed by atoms with Crippen LogP contribution >= 0.6 is 27.5 Å². The number of rotatable bonds is 7. The van der Waals surface area contributed by atoms with Gasteiger partial charge in [-0.3, -0.25) is 0 Å². The molecule has 0 amide bonds. The molecule has 0 aliphatic heterocycles. The normalized spacial score (nSPS) is 29.2. The molecule has 4 aliphatic carbocycles. The zero-order valence-electron chi connectivity index (χ0n) is 17.4. The van der Waals surface area contributed by atoms with Crippen LogP contribution in [0.5, 0.6) is 11.5 Å². The van der Waals surface area contributed by atoms with Crippen molar-refractivity contribution in [3.8, 4) is 11.5 Å². The molecule has 4 aliphatic rings. The molecule has 0 radical (unpaired) electrons. The Morgan fingerprint density at radius 1 is 1.03 bits per heavy atom. The van der Waals surface area contributed by atoms with Crippen molar-refractivity contribution in [3.63, 3.8) is 0 Å². The minimum absolute atomic E-state index is 0.403. The van der Waals surface area contributed by atoms with Crippen LogP contribution in [-0.2, 0) is 13.2 Å². The van der Waals surface area contributed by atoms with Gasteiger partial charge in [-0.25, -0.2) is 0 Å². The van der Waals surface area contributed by atoms with Gasteiger partial charge in [0.05, 0.1) is 11.6 Å². The average Bonchev–Trinajstić information content (AvgIpc) is 2.72. The van der Waals surface area contributed by atoms with Crippen LogP contribution in [0.4, 0.5) is 0 Å². The van der Waals surface area contributed by atoms with Crippen LogP contribution in [0, 0.1) is 23.7 Å². The van der Waals surface area contributed by atoms with Crippen LogP contribution < -0.4 is 14.8 Å². The molecule has 0 atom stereocenters. The topological polar surface area (TPSA) is 30.5 Å². The molecule has 30 heavy (non-hydrogen) atoms. The van der Waals surface area contributed by atoms with Gasteiger partial charge in [0.1, 0.15) is 6.61 Å². The summed E-state index contributed by atoms with van der Waals surface area (Å²) in [6.07, 6.45) is 7.25. The number of benzene rings is 2. The van der Waals surface area contributed by atoms with E-state index >= 15 is 0 Å². The van der Waals surface area contributed by atoms with E-state index < -0.39 is 0 Å². The maximum Gasteiger partial charge on any atom is 0.175 e. The lowest BCUT2D eigenvalue weighted by molar-refractivity contribution is -0.0142. The lowest BCUT2D eigenvalue weighted by atomic mass is 9.54. The predicted octanol–water partition coefficient (Wildman–Crippen LogP) is 6.60. The van der Waals surface area contributed by atoms with E-state index in [0.29, 0.717) is 17.7 Å². The van der Waals surface area contributed by atoms with Gasteiger partial charge in [-0.15, -0.1) is 0 Å². The molecule has 4 saturated carbocycles. The Hall–Kier alpha value is -1.23. The molecule has 4 bridgehead atoms. The second-order valence-corrected chi connectivity index (χ2v) is 10.6. The van der Waals surface area contributed by atoms with Gasteiger partial charge in [-0.1, -0.05) is 29.8 Å². The fourth-order valence-corrected chi connectivity index (χ4v) is 7.07. The van der Waals surface area contributed by atoms with Crippen molar-refractivity contribution in [3.05, 3.63) is 57.0 Å². The lowest BCUT2D eigenvalue weighted by Gasteiger charge is -2.54. The van der Waals surface area contributed by atoms with E-state index in [9.17, 15) is 0 Å². The van der Waals surface area contributed by atoms with E-state index in [1.54, 1.807) is 7.11 Å². The molecular weight excluding hydrogens is 462 g/mol. The summed E-state index contributed by atoms with van der Waals surface area (Å²) in [7, 11) is 1.69. The summed E-state index contributed by atoms with van der Waals surface area (Å²) in [6.45, 7) is 1.27. The highest BCUT2D eigenvalue weighted by Crippen LogP contribution is 2.53. The van der Waals surface area contributed by atoms with E-state index in [4.69, 9.17) is 21.1 Å². The monoisotopic (exact) mass is 489 g/mol. The molecular formula is C25H29BrClNO2. The minimum Gasteiger partial charge on any atom is -0.493 e. The summed E-state index contributed by atoms with van der Waals surface area (Å²) in [5.74, 6) is 5.24. The third-order valence-electron chi connectivity index (χ3n) is 7.39. The third kappa shape index (κ3) is 4.11. The molecule has 0 unspecified atom stereocenters. The SMILES string of the molecule is COc1cc(CNC2C3CC4CC(C3)CC2C4)cc(Br)c1OCc1ccccc1Cl. The Morgan fingerprint density at radius 3 is 2.40 bits per heavy atom. The molecule has 6 rings (SSSR count). The first-order valence-corrected chi connectivity index (χ1v) is 12.2. The van der Waals surface area contributed by atoms with Crippen molar-refractivity contribution in [1.82, 2.24) is 5.32 Å². The summed E-state index contributed by atoms with van der Waals surface area (Å²) in [5, 5.41) is 4.62. The number of hydrogen-bond donors (Lipinski definition) is 1. The fourth-order valence-electron chi connectivity index (χ4n) is 6.27. The Balaban J connectivity index is 1.26. The van der Waals surface area contributed by atoms with Crippen molar-refractivity contribution in [2.75, 3.05) is 7.11 Å². The molecule has 3 nitrogen and oxygen atoms in total. The van der Waals surface area contributed by atoms with Crippen LogP contribution in [0.3, 0.4) is 0 Å². The Morgan fingerprint density at radius 2 is 1.73 bits per heavy atom. The van der Waals surface area contributed by atoms with Crippen LogP contribution in [0.2, 0.25) is 5.02 Å². The summed E-state index contributed by atoms with van der Waals surface area (Å²) in [4.78, 5) is 0. The van der Waals surface area contributed by atoms with Gasteiger partial charge in [0.2, 0.25) is 0 Å². The molecule has 0 spiro atoms. The molecule has 2 aromatic carbocycles. The maximum atomic E-state index is 6.26. The van der Waals surface area contributed by atoms with E-state index in [1.165, 1.54) is 37.7 Å². The van der Waals surface area contributed by atoms with Crippen LogP contribution in [0.15, 0.2) is 40.9 Å². The van der Waals surface area contributed by atoms with Crippen LogP contribution in [0.25, 0.3) is 0 Å². The van der Waals surface area contributed by atoms with Crippen LogP contribution in [-0.4, -0.2) is 13.2 Å². The van der Waals surface area contributed by atoms with Crippen molar-refractivity contribution in [2.24, 2.45) is 23.7 Å². The third-order valence-corrected chi connectivity index (χ3v) is 8.35. The highest BCUT2D eigenvalue weighted by Gasteiger charge is 2.47. The second-order valence-electron chi connectivity index (χ2n) is 9.33. The summed E-state index contributed by atoms with van der Waals surface area (Å²) < 4.78 is 12.6. The molecule has 160 valence electrons. The molecule has 5 heteroatoms. The average molecular weight is 491 g/mol. The number of nitrogens with one attached hydrogen (secondary N) is 1. The lowest BCUT2D eigenvalue weighted by Crippen LogP contribution is -2.54. The quantitative estimate of drug-likeness (QED) is 0.474. The van der Waals surface area contributed by atoms with E-state index in [1.807, 2.05) is 24.3 Å². The second kappa shape index (κ2) is 8.72. The highest BCUT2D eigenvalue weighted by atomic mass is 79.9. The van der Waals surface area contributed by atoms with Crippen molar-refractivity contribution < 1.29 is 9.47 Å². The van der Waals surface area contributed by atoms with Crippen molar-refractivity contribution >= 4 is 27.5 Å². The fraction of sp³-hybridized carbons (Fsp3) is 0.520. The molecule has 4 fully saturated rings. The van der Waals surface area contributed by atoms with Crippen LogP contribution in [0.1, 0.15) is 43.2 Å². The van der Waals surface area contributed by atoms with E-state index in [0.717, 1.165) is 51.8 Å². The summed E-state index contributed by atoms with van der Waals surface area (Å²) >= 11 is 9.96. The smallest absolute Gasteiger partial charge is 0.175 e. The summed E-state index contributed by atoms with van der Waals surface area (Å²) in [6, 6.07) is 12.7. The standard InChI is InChI=1S/C25H29BrClNO2/c1-29-23-12-17(11-21(26)25(23)30-14-18-4-2-3-5-22(18)27)13-28-24-19-7-15-6-16(9-19)10-20(24)8-15/h2-5,11-12,15-16,19-20,24,28H,6-10,13-14H2,1H3. The Kier molecular flexibility index (Phi) is 6.01. The van der Waals surface area contributed by atoms with E-state index in [2.05, 4.69) is 33.4 Å². The van der Waals surface area contributed by atoms with Gasteiger partial charge in [0.25, 0.3) is 0 Å². The number of halogens is 2. The van der Waals surface area contributed by atoms with Gasteiger partial charge in [0.15, 0.2) is 11.5 Å². The highest BCUT2D eigenvalue weighted by molar-refractivity contribution is 9.10. The zero-order valence-corrected chi connectivity index (χ0v) is 19.7. The largest absolute Gasteiger partial charge is 0.493 e. The maximum absolute atomic E-state index is 6.26. The van der Waals surface area contributed by atoms with Crippen molar-refractivity contribution in [1.29, 1.82) is 0 Å². The number of ether oxygens (including phenoxy) is 2. The first kappa shape index (κ1) is 20.7. The van der Waals surface area contributed by atoms with Gasteiger partial charge in [-0.05, 0) is 95.5 Å². The molecule has 0 heterocycles. The van der Waals surface area contributed by atoms with Gasteiger partial charge >= 0.3 is 0 Å². The van der Waals surface area contributed by atoms with Gasteiger partial charge < -0.3 is 14.8 Å². The Labute approximate surface area is 192 Å². The van der Waals surface area contributed by atoms with E-state index in [-0.39, 0.29) is 0 Å². The summed E-state index contributed by atoms with van der Waals surface area (Å²) in [5.41, 5.74) is 2.18.